The average molecular weight is 307 g/mol. The van der Waals surface area contributed by atoms with Crippen LogP contribution in [0.1, 0.15) is 51.1 Å². The zero-order chi connectivity index (χ0) is 15.3. The van der Waals surface area contributed by atoms with Gasteiger partial charge in [0, 0.05) is 17.5 Å². The maximum absolute atomic E-state index is 6.09. The normalized spacial score (nSPS) is 20.4. The first kappa shape index (κ1) is 16.9. The second kappa shape index (κ2) is 7.66. The Labute approximate surface area is 134 Å². The van der Waals surface area contributed by atoms with Crippen molar-refractivity contribution in [3.63, 3.8) is 0 Å². The van der Waals surface area contributed by atoms with Crippen LogP contribution in [0.15, 0.2) is 29.2 Å². The van der Waals surface area contributed by atoms with Crippen LogP contribution < -0.4 is 5.73 Å². The van der Waals surface area contributed by atoms with E-state index in [1.807, 2.05) is 0 Å². The lowest BCUT2D eigenvalue weighted by Gasteiger charge is -2.44. The second-order valence-corrected chi connectivity index (χ2v) is 7.15. The maximum Gasteiger partial charge on any atom is 0.0470 e. The number of nitrogens with zero attached hydrogens (tertiary/aromatic N) is 1. The number of benzene rings is 1. The minimum atomic E-state index is 0.382. The molecule has 1 fully saturated rings. The second-order valence-electron chi connectivity index (χ2n) is 6.27. The summed E-state index contributed by atoms with van der Waals surface area (Å²) in [5.41, 5.74) is 8.04. The Balaban J connectivity index is 2.05. The molecule has 2 rings (SSSR count). The Morgan fingerprint density at radius 1 is 1.14 bits per heavy atom. The van der Waals surface area contributed by atoms with Crippen LogP contribution in [0.4, 0.5) is 0 Å². The number of rotatable bonds is 6. The van der Waals surface area contributed by atoms with E-state index in [-0.39, 0.29) is 0 Å². The molecule has 21 heavy (non-hydrogen) atoms. The van der Waals surface area contributed by atoms with Crippen LogP contribution >= 0.6 is 11.8 Å². The van der Waals surface area contributed by atoms with Crippen LogP contribution in [0.5, 0.6) is 0 Å². The highest BCUT2D eigenvalue weighted by Gasteiger charge is 2.33. The molecule has 1 atom stereocenters. The first-order chi connectivity index (χ1) is 10.2. The van der Waals surface area contributed by atoms with Gasteiger partial charge in [0.15, 0.2) is 0 Å². The molecule has 1 aromatic carbocycles. The van der Waals surface area contributed by atoms with E-state index in [2.05, 4.69) is 49.3 Å². The summed E-state index contributed by atoms with van der Waals surface area (Å²) in [6, 6.07) is 9.33. The van der Waals surface area contributed by atoms with E-state index in [4.69, 9.17) is 5.73 Å². The van der Waals surface area contributed by atoms with Crippen molar-refractivity contribution in [3.05, 3.63) is 29.8 Å². The Hall–Kier alpha value is -0.510. The molecule has 3 heteroatoms. The van der Waals surface area contributed by atoms with E-state index in [0.717, 1.165) is 0 Å². The van der Waals surface area contributed by atoms with Crippen LogP contribution in [0.2, 0.25) is 0 Å². The van der Waals surface area contributed by atoms with Crippen LogP contribution in [0, 0.1) is 5.41 Å². The molecule has 0 spiro atoms. The van der Waals surface area contributed by atoms with Crippen molar-refractivity contribution < 1.29 is 0 Å². The van der Waals surface area contributed by atoms with E-state index in [0.29, 0.717) is 18.0 Å². The Kier molecular flexibility index (Phi) is 6.15. The van der Waals surface area contributed by atoms with E-state index >= 15 is 0 Å². The molecule has 118 valence electrons. The van der Waals surface area contributed by atoms with Crippen LogP contribution in [0.3, 0.4) is 0 Å². The van der Waals surface area contributed by atoms with E-state index in [1.54, 1.807) is 11.8 Å². The minimum Gasteiger partial charge on any atom is -0.329 e. The monoisotopic (exact) mass is 306 g/mol. The molecular weight excluding hydrogens is 276 g/mol. The van der Waals surface area contributed by atoms with Crippen molar-refractivity contribution in [2.45, 2.75) is 50.5 Å². The predicted molar refractivity (Wildman–Crippen MR) is 93.8 cm³/mol. The number of piperidine rings is 1. The summed E-state index contributed by atoms with van der Waals surface area (Å²) < 4.78 is 0. The molecular formula is C18H30N2S. The summed E-state index contributed by atoms with van der Waals surface area (Å²) in [6.07, 6.45) is 7.38. The lowest BCUT2D eigenvalue weighted by Crippen LogP contribution is -2.43. The molecule has 2 nitrogen and oxygen atoms in total. The molecule has 1 aromatic rings. The molecule has 1 unspecified atom stereocenters. The number of hydrogen-bond donors (Lipinski definition) is 1. The molecule has 0 amide bonds. The van der Waals surface area contributed by atoms with Crippen molar-refractivity contribution in [2.24, 2.45) is 11.1 Å². The van der Waals surface area contributed by atoms with Gasteiger partial charge in [-0.15, -0.1) is 11.8 Å². The van der Waals surface area contributed by atoms with Gasteiger partial charge in [0.25, 0.3) is 0 Å². The Bertz CT molecular complexity index is 415. The lowest BCUT2D eigenvalue weighted by molar-refractivity contribution is 0.0679. The van der Waals surface area contributed by atoms with Crippen molar-refractivity contribution in [3.8, 4) is 0 Å². The molecule has 0 radical (unpaired) electrons. The van der Waals surface area contributed by atoms with Crippen molar-refractivity contribution in [1.82, 2.24) is 4.90 Å². The van der Waals surface area contributed by atoms with Crippen LogP contribution in [0.25, 0.3) is 0 Å². The third-order valence-corrected chi connectivity index (χ3v) is 6.27. The van der Waals surface area contributed by atoms with Crippen LogP contribution in [-0.4, -0.2) is 30.8 Å². The average Bonchev–Trinajstić information content (AvgIpc) is 2.57. The fraction of sp³-hybridized carbons (Fsp3) is 0.667. The van der Waals surface area contributed by atoms with Crippen molar-refractivity contribution in [1.29, 1.82) is 0 Å². The largest absolute Gasteiger partial charge is 0.329 e. The first-order valence-electron chi connectivity index (χ1n) is 8.26. The third-order valence-electron chi connectivity index (χ3n) is 5.52. The SMILES string of the molecule is CCC1(CC)CCN(C(CN)c2ccc(SC)cc2)CC1. The van der Waals surface area contributed by atoms with Gasteiger partial charge in [0.2, 0.25) is 0 Å². The summed E-state index contributed by atoms with van der Waals surface area (Å²) >= 11 is 1.79. The molecule has 1 saturated heterocycles. The van der Waals surface area contributed by atoms with E-state index in [1.165, 1.54) is 49.2 Å². The molecule has 1 heterocycles. The smallest absolute Gasteiger partial charge is 0.0470 e. The minimum absolute atomic E-state index is 0.382. The predicted octanol–water partition coefficient (Wildman–Crippen LogP) is 4.31. The topological polar surface area (TPSA) is 29.3 Å². The molecule has 1 aliphatic heterocycles. The molecule has 0 aromatic heterocycles. The molecule has 0 saturated carbocycles. The number of likely N-dealkylation sites (tertiary alicyclic amines) is 1. The summed E-state index contributed by atoms with van der Waals surface area (Å²) in [4.78, 5) is 3.92. The third kappa shape index (κ3) is 3.82. The molecule has 1 aliphatic rings. The Morgan fingerprint density at radius 3 is 2.14 bits per heavy atom. The molecule has 0 bridgehead atoms. The fourth-order valence-corrected chi connectivity index (χ4v) is 4.00. The zero-order valence-electron chi connectivity index (χ0n) is 13.8. The van der Waals surface area contributed by atoms with Gasteiger partial charge in [-0.05, 0) is 55.3 Å². The van der Waals surface area contributed by atoms with Gasteiger partial charge in [-0.2, -0.15) is 0 Å². The number of nitrogens with two attached hydrogens (primary N) is 1. The summed E-state index contributed by atoms with van der Waals surface area (Å²) in [5, 5.41) is 0. The highest BCUT2D eigenvalue weighted by atomic mass is 32.2. The molecule has 0 aliphatic carbocycles. The van der Waals surface area contributed by atoms with Gasteiger partial charge >= 0.3 is 0 Å². The van der Waals surface area contributed by atoms with Gasteiger partial charge in [-0.1, -0.05) is 38.8 Å². The quantitative estimate of drug-likeness (QED) is 0.794. The van der Waals surface area contributed by atoms with Gasteiger partial charge < -0.3 is 5.73 Å². The zero-order valence-corrected chi connectivity index (χ0v) is 14.6. The number of thioether (sulfide) groups is 1. The van der Waals surface area contributed by atoms with Crippen molar-refractivity contribution >= 4 is 11.8 Å². The Morgan fingerprint density at radius 2 is 1.71 bits per heavy atom. The van der Waals surface area contributed by atoms with Gasteiger partial charge in [0.05, 0.1) is 0 Å². The fourth-order valence-electron chi connectivity index (χ4n) is 3.59. The molecule has 2 N–H and O–H groups in total. The van der Waals surface area contributed by atoms with Crippen LogP contribution in [-0.2, 0) is 0 Å². The summed E-state index contributed by atoms with van der Waals surface area (Å²) in [7, 11) is 0. The lowest BCUT2D eigenvalue weighted by atomic mass is 9.74. The standard InChI is InChI=1S/C18H30N2S/c1-4-18(5-2)10-12-20(13-11-18)17(14-19)15-6-8-16(21-3)9-7-15/h6-9,17H,4-5,10-14,19H2,1-3H3. The van der Waals surface area contributed by atoms with Gasteiger partial charge in [-0.25, -0.2) is 0 Å². The highest BCUT2D eigenvalue weighted by Crippen LogP contribution is 2.40. The highest BCUT2D eigenvalue weighted by molar-refractivity contribution is 7.98. The summed E-state index contributed by atoms with van der Waals surface area (Å²) in [6.45, 7) is 7.78. The number of hydrogen-bond acceptors (Lipinski definition) is 3. The first-order valence-corrected chi connectivity index (χ1v) is 9.48. The van der Waals surface area contributed by atoms with Gasteiger partial charge in [0.1, 0.15) is 0 Å². The van der Waals surface area contributed by atoms with E-state index in [9.17, 15) is 0 Å². The van der Waals surface area contributed by atoms with E-state index < -0.39 is 0 Å². The maximum atomic E-state index is 6.09. The van der Waals surface area contributed by atoms with Crippen molar-refractivity contribution in [2.75, 3.05) is 25.9 Å². The summed E-state index contributed by atoms with van der Waals surface area (Å²) in [5.74, 6) is 0. The van der Waals surface area contributed by atoms with Gasteiger partial charge in [-0.3, -0.25) is 4.90 Å².